The van der Waals surface area contributed by atoms with E-state index in [1.165, 1.54) is 24.3 Å². The molecule has 3 saturated carbocycles. The molecule has 4 aliphatic rings. The molecule has 9 heteroatoms. The number of hydrogen-bond acceptors (Lipinski definition) is 6. The minimum Gasteiger partial charge on any atom is -0.492 e. The Morgan fingerprint density at radius 1 is 1.21 bits per heavy atom. The Morgan fingerprint density at radius 2 is 2.03 bits per heavy atom. The molecule has 0 spiro atoms. The molecule has 0 saturated heterocycles. The van der Waals surface area contributed by atoms with E-state index in [4.69, 9.17) is 16.3 Å². The van der Waals surface area contributed by atoms with Gasteiger partial charge in [-0.3, -0.25) is 4.79 Å². The summed E-state index contributed by atoms with van der Waals surface area (Å²) in [6.07, 6.45) is 2.74. The molecule has 0 radical (unpaired) electrons. The maximum absolute atomic E-state index is 13.4. The first-order valence-corrected chi connectivity index (χ1v) is 10.6. The van der Waals surface area contributed by atoms with Crippen molar-refractivity contribution in [2.75, 3.05) is 22.6 Å². The summed E-state index contributed by atoms with van der Waals surface area (Å²) in [6, 6.07) is 10.1. The third kappa shape index (κ3) is 3.39. The first kappa shape index (κ1) is 18.8. The predicted octanol–water partition coefficient (Wildman–Crippen LogP) is 3.95. The molecule has 6 rings (SSSR count). The lowest BCUT2D eigenvalue weighted by molar-refractivity contribution is -0.0981. The van der Waals surface area contributed by atoms with Gasteiger partial charge in [0.25, 0.3) is 5.91 Å². The zero-order chi connectivity index (χ0) is 20.1. The Hall–Kier alpha value is -2.16. The number of amides is 1. The summed E-state index contributed by atoms with van der Waals surface area (Å²) in [7, 11) is 0. The second kappa shape index (κ2) is 6.97. The number of ether oxygens (including phenoxy) is 1. The highest BCUT2D eigenvalue weighted by Gasteiger charge is 2.68. The maximum Gasteiger partial charge on any atom is 0.253 e. The van der Waals surface area contributed by atoms with E-state index in [1.54, 1.807) is 6.07 Å². The van der Waals surface area contributed by atoms with Crippen molar-refractivity contribution in [1.82, 2.24) is 10.6 Å². The van der Waals surface area contributed by atoms with E-state index in [9.17, 15) is 9.18 Å². The molecule has 3 fully saturated rings. The third-order valence-corrected chi connectivity index (χ3v) is 6.73. The number of anilines is 2. The van der Waals surface area contributed by atoms with Gasteiger partial charge in [0.05, 0.1) is 34.1 Å². The molecule has 1 heterocycles. The molecule has 2 aromatic rings. The van der Waals surface area contributed by atoms with Crippen LogP contribution in [0.25, 0.3) is 0 Å². The van der Waals surface area contributed by atoms with Gasteiger partial charge in [-0.15, -0.1) is 0 Å². The molecule has 0 aromatic heterocycles. The monoisotopic (exact) mass is 434 g/mol. The Bertz CT molecular complexity index is 969. The second-order valence-electron chi connectivity index (χ2n) is 7.93. The zero-order valence-electron chi connectivity index (χ0n) is 15.5. The number of hydrogen-bond donors (Lipinski definition) is 4. The highest BCUT2D eigenvalue weighted by atomic mass is 35.5. The summed E-state index contributed by atoms with van der Waals surface area (Å²) in [6.45, 7) is 1.10. The quantitative estimate of drug-likeness (QED) is 0.390. The zero-order valence-corrected chi connectivity index (χ0v) is 17.1. The average molecular weight is 435 g/mol. The highest BCUT2D eigenvalue weighted by molar-refractivity contribution is 8.02. The number of carbonyl (C=O) groups excluding carboxylic acids is 1. The smallest absolute Gasteiger partial charge is 0.253 e. The van der Waals surface area contributed by atoms with Crippen LogP contribution >= 0.6 is 23.7 Å². The van der Waals surface area contributed by atoms with E-state index in [1.807, 2.05) is 18.2 Å². The minimum absolute atomic E-state index is 0.0416. The van der Waals surface area contributed by atoms with Crippen LogP contribution in [0.5, 0.6) is 5.75 Å². The van der Waals surface area contributed by atoms with Crippen LogP contribution in [0, 0.1) is 5.82 Å². The Kier molecular flexibility index (Phi) is 4.53. The van der Waals surface area contributed by atoms with E-state index < -0.39 is 5.82 Å². The van der Waals surface area contributed by atoms with Crippen LogP contribution in [-0.2, 0) is 0 Å². The molecular weight excluding hydrogens is 415 g/mol. The van der Waals surface area contributed by atoms with Crippen LogP contribution in [-0.4, -0.2) is 30.1 Å². The summed E-state index contributed by atoms with van der Waals surface area (Å²) in [5.74, 6) is -0.0606. The largest absolute Gasteiger partial charge is 0.492 e. The molecule has 0 atom stereocenters. The predicted molar refractivity (Wildman–Crippen MR) is 113 cm³/mol. The second-order valence-corrected chi connectivity index (χ2v) is 8.95. The molecule has 2 bridgehead atoms. The Labute approximate surface area is 177 Å². The Balaban J connectivity index is 1.08. The van der Waals surface area contributed by atoms with Crippen molar-refractivity contribution in [2.24, 2.45) is 0 Å². The molecule has 4 N–H and O–H groups in total. The lowest BCUT2D eigenvalue weighted by Gasteiger charge is -2.70. The van der Waals surface area contributed by atoms with Gasteiger partial charge in [-0.1, -0.05) is 17.7 Å². The van der Waals surface area contributed by atoms with Gasteiger partial charge in [0.1, 0.15) is 18.2 Å². The highest BCUT2D eigenvalue weighted by Crippen LogP contribution is 2.60. The van der Waals surface area contributed by atoms with Crippen LogP contribution in [0.2, 0.25) is 5.02 Å². The fourth-order valence-corrected chi connectivity index (χ4v) is 5.31. The molecule has 0 unspecified atom stereocenters. The lowest BCUT2D eigenvalue weighted by Crippen LogP contribution is -2.83. The molecule has 1 amide bonds. The van der Waals surface area contributed by atoms with Crippen molar-refractivity contribution in [3.8, 4) is 5.75 Å². The normalized spacial score (nSPS) is 25.7. The van der Waals surface area contributed by atoms with Crippen LogP contribution in [0.4, 0.5) is 15.8 Å². The van der Waals surface area contributed by atoms with Crippen LogP contribution in [0.15, 0.2) is 36.4 Å². The molecule has 3 aliphatic carbocycles. The molecule has 1 aliphatic heterocycles. The van der Waals surface area contributed by atoms with E-state index in [0.717, 1.165) is 30.6 Å². The van der Waals surface area contributed by atoms with E-state index >= 15 is 0 Å². The van der Waals surface area contributed by atoms with Gasteiger partial charge in [0, 0.05) is 23.7 Å². The number of para-hydroxylation sites is 1. The summed E-state index contributed by atoms with van der Waals surface area (Å²) < 4.78 is 25.2. The topological polar surface area (TPSA) is 74.4 Å². The van der Waals surface area contributed by atoms with Crippen molar-refractivity contribution in [3.05, 3.63) is 52.8 Å². The standard InChI is InChI=1S/C20H20ClFN4O2S/c21-14-5-4-12(8-15(14)22)28-7-6-23-19-9-20(10-19,11-19)24-18(27)13-2-1-3-16-17(13)26-29-25-16/h1-5,8,23,25-26H,6-7,9-11H2,(H,24,27). The van der Waals surface area contributed by atoms with Gasteiger partial charge in [-0.05, 0) is 43.5 Å². The molecule has 152 valence electrons. The van der Waals surface area contributed by atoms with Crippen LogP contribution in [0.3, 0.4) is 0 Å². The number of halogens is 2. The minimum atomic E-state index is -0.483. The molecule has 29 heavy (non-hydrogen) atoms. The molecule has 2 aromatic carbocycles. The number of fused-ring (bicyclic) bond motifs is 1. The molecule has 6 nitrogen and oxygen atoms in total. The summed E-state index contributed by atoms with van der Waals surface area (Å²) in [5, 5.41) is 6.82. The average Bonchev–Trinajstić information content (AvgIpc) is 3.13. The first-order chi connectivity index (χ1) is 14.0. The van der Waals surface area contributed by atoms with Crippen molar-refractivity contribution in [2.45, 2.75) is 30.3 Å². The number of nitrogens with one attached hydrogen (secondary N) is 4. The molecular formula is C20H20ClFN4O2S. The number of benzene rings is 2. The van der Waals surface area contributed by atoms with Crippen molar-refractivity contribution in [1.29, 1.82) is 0 Å². The van der Waals surface area contributed by atoms with Crippen molar-refractivity contribution < 1.29 is 13.9 Å². The van der Waals surface area contributed by atoms with Gasteiger partial charge in [-0.2, -0.15) is 0 Å². The van der Waals surface area contributed by atoms with Crippen LogP contribution in [0.1, 0.15) is 29.6 Å². The lowest BCUT2D eigenvalue weighted by atomic mass is 9.44. The van der Waals surface area contributed by atoms with E-state index in [2.05, 4.69) is 20.1 Å². The number of rotatable bonds is 7. The summed E-state index contributed by atoms with van der Waals surface area (Å²) in [4.78, 5) is 12.7. The van der Waals surface area contributed by atoms with Gasteiger partial charge in [0.2, 0.25) is 0 Å². The maximum atomic E-state index is 13.4. The Morgan fingerprint density at radius 3 is 2.83 bits per heavy atom. The first-order valence-electron chi connectivity index (χ1n) is 9.44. The fourth-order valence-electron chi connectivity index (χ4n) is 4.54. The van der Waals surface area contributed by atoms with E-state index in [0.29, 0.717) is 24.5 Å². The van der Waals surface area contributed by atoms with Crippen LogP contribution < -0.4 is 24.8 Å². The van der Waals surface area contributed by atoms with Crippen molar-refractivity contribution in [3.63, 3.8) is 0 Å². The van der Waals surface area contributed by atoms with Gasteiger partial charge in [-0.25, -0.2) is 4.39 Å². The number of carbonyl (C=O) groups is 1. The van der Waals surface area contributed by atoms with Gasteiger partial charge < -0.3 is 24.8 Å². The third-order valence-electron chi connectivity index (χ3n) is 5.79. The van der Waals surface area contributed by atoms with E-state index in [-0.39, 0.29) is 22.0 Å². The summed E-state index contributed by atoms with van der Waals surface area (Å²) in [5.41, 5.74) is 2.40. The van der Waals surface area contributed by atoms with Crippen molar-refractivity contribution >= 4 is 41.0 Å². The summed E-state index contributed by atoms with van der Waals surface area (Å²) >= 11 is 7.03. The van der Waals surface area contributed by atoms with Gasteiger partial charge in [0.15, 0.2) is 0 Å². The van der Waals surface area contributed by atoms with Gasteiger partial charge >= 0.3 is 0 Å². The fraction of sp³-hybridized carbons (Fsp3) is 0.350. The SMILES string of the molecule is O=C(NC12CC(NCCOc3ccc(Cl)c(F)c3)(C1)C2)c1cccc2c1NSN2.